The first-order valence-corrected chi connectivity index (χ1v) is 10.3. The maximum Gasteiger partial charge on any atom is 0.263 e. The molecule has 0 radical (unpaired) electrons. The summed E-state index contributed by atoms with van der Waals surface area (Å²) in [6.45, 7) is 4.92. The molecule has 5 rings (SSSR count). The highest BCUT2D eigenvalue weighted by Crippen LogP contribution is 2.18. The molecule has 0 spiro atoms. The van der Waals surface area contributed by atoms with Crippen molar-refractivity contribution in [1.29, 1.82) is 0 Å². The highest BCUT2D eigenvalue weighted by Gasteiger charge is 2.28. The summed E-state index contributed by atoms with van der Waals surface area (Å²) in [6.07, 6.45) is 3.72. The molecular formula is C23H21N5O3. The van der Waals surface area contributed by atoms with E-state index >= 15 is 0 Å². The van der Waals surface area contributed by atoms with Crippen LogP contribution in [-0.4, -0.2) is 36.3 Å². The third-order valence-corrected chi connectivity index (χ3v) is 5.80. The molecular weight excluding hydrogens is 394 g/mol. The monoisotopic (exact) mass is 415 g/mol. The van der Waals surface area contributed by atoms with Crippen LogP contribution in [0.4, 0.5) is 0 Å². The molecule has 0 atom stereocenters. The Balaban J connectivity index is 1.58. The van der Waals surface area contributed by atoms with Gasteiger partial charge in [0.15, 0.2) is 0 Å². The number of hydrogen-bond acceptors (Lipinski definition) is 5. The fourth-order valence-corrected chi connectivity index (χ4v) is 4.14. The van der Waals surface area contributed by atoms with E-state index in [0.29, 0.717) is 47.4 Å². The number of rotatable bonds is 2. The lowest BCUT2D eigenvalue weighted by Gasteiger charge is -2.28. The van der Waals surface area contributed by atoms with Gasteiger partial charge in [-0.3, -0.25) is 18.8 Å². The summed E-state index contributed by atoms with van der Waals surface area (Å²) in [4.78, 5) is 50.0. The molecule has 1 aliphatic rings. The number of carbonyl (C=O) groups is 1. The van der Waals surface area contributed by atoms with Crippen molar-refractivity contribution in [1.82, 2.24) is 23.8 Å². The van der Waals surface area contributed by atoms with Crippen LogP contribution in [0, 0.1) is 6.92 Å². The summed E-state index contributed by atoms with van der Waals surface area (Å²) >= 11 is 0. The van der Waals surface area contributed by atoms with E-state index in [1.54, 1.807) is 41.6 Å². The second-order valence-electron chi connectivity index (χ2n) is 7.73. The van der Waals surface area contributed by atoms with Crippen LogP contribution < -0.4 is 11.0 Å². The first-order valence-electron chi connectivity index (χ1n) is 10.3. The summed E-state index contributed by atoms with van der Waals surface area (Å²) in [7, 11) is 0. The van der Waals surface area contributed by atoms with Gasteiger partial charge in [-0.15, -0.1) is 0 Å². The predicted molar refractivity (Wildman–Crippen MR) is 116 cm³/mol. The van der Waals surface area contributed by atoms with Gasteiger partial charge in [0.2, 0.25) is 5.43 Å². The zero-order chi connectivity index (χ0) is 21.7. The molecule has 0 saturated heterocycles. The van der Waals surface area contributed by atoms with E-state index in [1.807, 2.05) is 24.5 Å². The fourth-order valence-electron chi connectivity index (χ4n) is 4.14. The molecule has 4 aromatic heterocycles. The molecule has 31 heavy (non-hydrogen) atoms. The molecule has 5 heterocycles. The van der Waals surface area contributed by atoms with Gasteiger partial charge in [0, 0.05) is 37.6 Å². The second-order valence-corrected chi connectivity index (χ2v) is 7.73. The SMILES string of the molecule is CCn1cc(C(=O)N2CCc3nc4ccccn4c(=O)c3C2)c(=O)c2ccc(C)nc21. The molecule has 8 nitrogen and oxygen atoms in total. The first kappa shape index (κ1) is 19.2. The molecule has 1 aliphatic heterocycles. The van der Waals surface area contributed by atoms with Crippen LogP contribution in [-0.2, 0) is 19.5 Å². The van der Waals surface area contributed by atoms with Crippen molar-refractivity contribution in [2.24, 2.45) is 0 Å². The molecule has 0 saturated carbocycles. The molecule has 0 aromatic carbocycles. The van der Waals surface area contributed by atoms with Crippen molar-refractivity contribution < 1.29 is 4.79 Å². The van der Waals surface area contributed by atoms with E-state index in [-0.39, 0.29) is 29.0 Å². The predicted octanol–water partition coefficient (Wildman–Crippen LogP) is 1.93. The van der Waals surface area contributed by atoms with Gasteiger partial charge in [0.05, 0.1) is 23.2 Å². The number of pyridine rings is 3. The van der Waals surface area contributed by atoms with Crippen molar-refractivity contribution in [3.05, 3.63) is 85.8 Å². The number of aromatic nitrogens is 4. The zero-order valence-electron chi connectivity index (χ0n) is 17.3. The van der Waals surface area contributed by atoms with Crippen molar-refractivity contribution in [3.63, 3.8) is 0 Å². The minimum atomic E-state index is -0.377. The minimum absolute atomic E-state index is 0.0947. The lowest BCUT2D eigenvalue weighted by Crippen LogP contribution is -2.41. The number of fused-ring (bicyclic) bond motifs is 3. The van der Waals surface area contributed by atoms with Gasteiger partial charge >= 0.3 is 0 Å². The number of amides is 1. The molecule has 0 aliphatic carbocycles. The van der Waals surface area contributed by atoms with Gasteiger partial charge in [0.25, 0.3) is 11.5 Å². The first-order chi connectivity index (χ1) is 15.0. The Bertz CT molecular complexity index is 1480. The van der Waals surface area contributed by atoms with E-state index < -0.39 is 0 Å². The smallest absolute Gasteiger partial charge is 0.263 e. The highest BCUT2D eigenvalue weighted by atomic mass is 16.2. The van der Waals surface area contributed by atoms with Crippen LogP contribution in [0.1, 0.15) is 34.2 Å². The van der Waals surface area contributed by atoms with E-state index in [4.69, 9.17) is 0 Å². The van der Waals surface area contributed by atoms with Crippen LogP contribution in [0.3, 0.4) is 0 Å². The van der Waals surface area contributed by atoms with Gasteiger partial charge < -0.3 is 9.47 Å². The van der Waals surface area contributed by atoms with Crippen molar-refractivity contribution in [2.45, 2.75) is 33.4 Å². The van der Waals surface area contributed by atoms with Crippen LogP contribution in [0.2, 0.25) is 0 Å². The second kappa shape index (κ2) is 7.16. The van der Waals surface area contributed by atoms with Crippen LogP contribution in [0.15, 0.2) is 52.3 Å². The summed E-state index contributed by atoms with van der Waals surface area (Å²) in [6, 6.07) is 8.88. The Labute approximate surface area is 177 Å². The van der Waals surface area contributed by atoms with Crippen LogP contribution in [0.25, 0.3) is 16.7 Å². The highest BCUT2D eigenvalue weighted by molar-refractivity contribution is 5.97. The lowest BCUT2D eigenvalue weighted by atomic mass is 10.1. The third kappa shape index (κ3) is 3.02. The van der Waals surface area contributed by atoms with Gasteiger partial charge in [-0.2, -0.15) is 0 Å². The molecule has 156 valence electrons. The van der Waals surface area contributed by atoms with Crippen molar-refractivity contribution >= 4 is 22.6 Å². The molecule has 8 heteroatoms. The number of hydrogen-bond donors (Lipinski definition) is 0. The molecule has 0 fully saturated rings. The quantitative estimate of drug-likeness (QED) is 0.499. The third-order valence-electron chi connectivity index (χ3n) is 5.80. The number of nitrogens with zero attached hydrogens (tertiary/aromatic N) is 5. The lowest BCUT2D eigenvalue weighted by molar-refractivity contribution is 0.0730. The standard InChI is InChI=1S/C23H21N5O3/c1-3-26-13-17(20(29)15-8-7-14(2)24-21(15)26)22(30)27-11-9-18-16(12-27)23(31)28-10-5-4-6-19(28)25-18/h4-8,10,13H,3,9,11-12H2,1-2H3. The summed E-state index contributed by atoms with van der Waals surface area (Å²) in [5.41, 5.74) is 2.76. The molecule has 0 N–H and O–H groups in total. The minimum Gasteiger partial charge on any atom is -0.333 e. The molecule has 0 bridgehead atoms. The summed E-state index contributed by atoms with van der Waals surface area (Å²) < 4.78 is 3.31. The van der Waals surface area contributed by atoms with Gasteiger partial charge in [-0.05, 0) is 38.1 Å². The van der Waals surface area contributed by atoms with Crippen LogP contribution >= 0.6 is 0 Å². The average molecular weight is 415 g/mol. The Hall–Kier alpha value is -3.81. The van der Waals surface area contributed by atoms with Crippen LogP contribution in [0.5, 0.6) is 0 Å². The van der Waals surface area contributed by atoms with Gasteiger partial charge in [-0.25, -0.2) is 9.97 Å². The molecule has 4 aromatic rings. The van der Waals surface area contributed by atoms with E-state index in [0.717, 1.165) is 5.69 Å². The number of carbonyl (C=O) groups excluding carboxylic acids is 1. The Morgan fingerprint density at radius 2 is 1.97 bits per heavy atom. The fraction of sp³-hybridized carbons (Fsp3) is 0.261. The number of aryl methyl sites for hydroxylation is 2. The summed E-state index contributed by atoms with van der Waals surface area (Å²) in [5.74, 6) is -0.377. The molecule has 1 amide bonds. The largest absolute Gasteiger partial charge is 0.333 e. The maximum absolute atomic E-state index is 13.3. The molecule has 0 unspecified atom stereocenters. The zero-order valence-corrected chi connectivity index (χ0v) is 17.3. The van der Waals surface area contributed by atoms with E-state index in [9.17, 15) is 14.4 Å². The Kier molecular flexibility index (Phi) is 4.43. The summed E-state index contributed by atoms with van der Waals surface area (Å²) in [5, 5.41) is 0.420. The van der Waals surface area contributed by atoms with Gasteiger partial charge in [-0.1, -0.05) is 6.07 Å². The topological polar surface area (TPSA) is 89.6 Å². The maximum atomic E-state index is 13.3. The Morgan fingerprint density at radius 3 is 2.77 bits per heavy atom. The van der Waals surface area contributed by atoms with Gasteiger partial charge in [0.1, 0.15) is 16.9 Å². The van der Waals surface area contributed by atoms with Crippen molar-refractivity contribution in [2.75, 3.05) is 6.54 Å². The normalized spacial score (nSPS) is 13.5. The average Bonchev–Trinajstić information content (AvgIpc) is 2.79. The van der Waals surface area contributed by atoms with E-state index in [2.05, 4.69) is 9.97 Å². The van der Waals surface area contributed by atoms with E-state index in [1.165, 1.54) is 4.40 Å². The van der Waals surface area contributed by atoms with Crippen molar-refractivity contribution in [3.8, 4) is 0 Å². The Morgan fingerprint density at radius 1 is 1.13 bits per heavy atom.